The van der Waals surface area contributed by atoms with Crippen molar-refractivity contribution in [3.05, 3.63) is 42.0 Å². The van der Waals surface area contributed by atoms with Crippen molar-refractivity contribution < 1.29 is 19.1 Å². The minimum Gasteiger partial charge on any atom is -0.481 e. The van der Waals surface area contributed by atoms with E-state index in [1.165, 1.54) is 23.0 Å². The molecule has 7 nitrogen and oxygen atoms in total. The van der Waals surface area contributed by atoms with E-state index in [0.29, 0.717) is 18.7 Å². The summed E-state index contributed by atoms with van der Waals surface area (Å²) in [5.41, 5.74) is 0.806. The van der Waals surface area contributed by atoms with Crippen LogP contribution < -0.4 is 0 Å². The smallest absolute Gasteiger partial charge is 0.303 e. The minimum atomic E-state index is -0.861. The molecule has 0 bridgehead atoms. The van der Waals surface area contributed by atoms with Gasteiger partial charge in [-0.05, 0) is 49.9 Å². The minimum absolute atomic E-state index is 0.0384. The van der Waals surface area contributed by atoms with Gasteiger partial charge in [0.25, 0.3) is 5.91 Å². The third-order valence-corrected chi connectivity index (χ3v) is 4.38. The highest BCUT2D eigenvalue weighted by molar-refractivity contribution is 5.92. The summed E-state index contributed by atoms with van der Waals surface area (Å²) in [6, 6.07) is 5.63. The summed E-state index contributed by atoms with van der Waals surface area (Å²) >= 11 is 0. The van der Waals surface area contributed by atoms with Crippen molar-refractivity contribution in [2.45, 2.75) is 38.1 Å². The van der Waals surface area contributed by atoms with Gasteiger partial charge in [-0.3, -0.25) is 9.59 Å². The van der Waals surface area contributed by atoms with Crippen LogP contribution in [-0.4, -0.2) is 49.5 Å². The molecule has 1 atom stereocenters. The molecule has 0 aliphatic carbocycles. The zero-order chi connectivity index (χ0) is 17.8. The van der Waals surface area contributed by atoms with Crippen LogP contribution in [0.3, 0.4) is 0 Å². The summed E-state index contributed by atoms with van der Waals surface area (Å²) in [4.78, 5) is 25.3. The van der Waals surface area contributed by atoms with E-state index in [1.54, 1.807) is 17.0 Å². The van der Waals surface area contributed by atoms with Gasteiger partial charge in [0, 0.05) is 19.0 Å². The second-order valence-electron chi connectivity index (χ2n) is 6.11. The van der Waals surface area contributed by atoms with Gasteiger partial charge < -0.3 is 10.0 Å². The first-order chi connectivity index (χ1) is 12.0. The Hall–Kier alpha value is -2.77. The molecule has 1 aromatic carbocycles. The number of hydrogen-bond donors (Lipinski definition) is 1. The molecule has 132 valence electrons. The Morgan fingerprint density at radius 3 is 2.72 bits per heavy atom. The standard InChI is InChI=1S/C17H19FN4O3/c18-12-4-6-14(7-5-12)22-11-15(19-20-22)17(25)21-10-2-1-3-13(21)8-9-16(23)24/h4-7,11,13H,1-3,8-10H2,(H,23,24)/t13-/m1/s1. The van der Waals surface area contributed by atoms with E-state index in [9.17, 15) is 14.0 Å². The normalized spacial score (nSPS) is 17.5. The fraction of sp³-hybridized carbons (Fsp3) is 0.412. The number of carbonyl (C=O) groups excluding carboxylic acids is 1. The molecule has 8 heteroatoms. The van der Waals surface area contributed by atoms with E-state index in [0.717, 1.165) is 19.3 Å². The summed E-state index contributed by atoms with van der Waals surface area (Å²) in [6.45, 7) is 0.590. The van der Waals surface area contributed by atoms with Crippen LogP contribution >= 0.6 is 0 Å². The maximum Gasteiger partial charge on any atom is 0.303 e. The maximum absolute atomic E-state index is 13.0. The lowest BCUT2D eigenvalue weighted by Gasteiger charge is -2.35. The van der Waals surface area contributed by atoms with Crippen molar-refractivity contribution in [1.82, 2.24) is 19.9 Å². The number of halogens is 1. The number of likely N-dealkylation sites (tertiary alicyclic amines) is 1. The number of piperidine rings is 1. The number of carboxylic acid groups (broad SMARTS) is 1. The van der Waals surface area contributed by atoms with E-state index in [1.807, 2.05) is 0 Å². The first-order valence-electron chi connectivity index (χ1n) is 8.25. The highest BCUT2D eigenvalue weighted by Crippen LogP contribution is 2.23. The number of carboxylic acids is 1. The Balaban J connectivity index is 1.75. The van der Waals surface area contributed by atoms with Gasteiger partial charge in [-0.15, -0.1) is 5.10 Å². The monoisotopic (exact) mass is 346 g/mol. The highest BCUT2D eigenvalue weighted by atomic mass is 19.1. The Morgan fingerprint density at radius 1 is 1.24 bits per heavy atom. The van der Waals surface area contributed by atoms with Gasteiger partial charge >= 0.3 is 5.97 Å². The lowest BCUT2D eigenvalue weighted by Crippen LogP contribution is -2.44. The lowest BCUT2D eigenvalue weighted by atomic mass is 9.97. The van der Waals surface area contributed by atoms with Crippen LogP contribution in [0.15, 0.2) is 30.5 Å². The second kappa shape index (κ2) is 7.42. The van der Waals surface area contributed by atoms with E-state index >= 15 is 0 Å². The summed E-state index contributed by atoms with van der Waals surface area (Å²) in [5, 5.41) is 16.7. The van der Waals surface area contributed by atoms with Crippen LogP contribution in [0.1, 0.15) is 42.6 Å². The SMILES string of the molecule is O=C(O)CC[C@H]1CCCCN1C(=O)c1cn(-c2ccc(F)cc2)nn1. The van der Waals surface area contributed by atoms with Gasteiger partial charge in [0.05, 0.1) is 11.9 Å². The van der Waals surface area contributed by atoms with Gasteiger partial charge in [0.1, 0.15) is 5.82 Å². The number of benzene rings is 1. The van der Waals surface area contributed by atoms with Crippen molar-refractivity contribution >= 4 is 11.9 Å². The third-order valence-electron chi connectivity index (χ3n) is 4.38. The van der Waals surface area contributed by atoms with Crippen LogP contribution in [-0.2, 0) is 4.79 Å². The predicted molar refractivity (Wildman–Crippen MR) is 86.9 cm³/mol. The highest BCUT2D eigenvalue weighted by Gasteiger charge is 2.29. The zero-order valence-corrected chi connectivity index (χ0v) is 13.6. The third kappa shape index (κ3) is 4.01. The molecule has 2 aromatic rings. The van der Waals surface area contributed by atoms with Crippen molar-refractivity contribution in [1.29, 1.82) is 0 Å². The molecule has 1 N–H and O–H groups in total. The van der Waals surface area contributed by atoms with Crippen LogP contribution in [0.25, 0.3) is 5.69 Å². The summed E-state index contributed by atoms with van der Waals surface area (Å²) in [6.07, 6.45) is 4.66. The maximum atomic E-state index is 13.0. The number of nitrogens with zero attached hydrogens (tertiary/aromatic N) is 4. The van der Waals surface area contributed by atoms with Crippen molar-refractivity contribution in [3.63, 3.8) is 0 Å². The van der Waals surface area contributed by atoms with Gasteiger partial charge in [0.2, 0.25) is 0 Å². The molecule has 0 spiro atoms. The number of hydrogen-bond acceptors (Lipinski definition) is 4. The van der Waals surface area contributed by atoms with Crippen LogP contribution in [0, 0.1) is 5.82 Å². The Kier molecular flexibility index (Phi) is 5.06. The number of aromatic nitrogens is 3. The molecule has 1 fully saturated rings. The Labute approximate surface area is 144 Å². The predicted octanol–water partition coefficient (Wildman–Crippen LogP) is 2.27. The van der Waals surface area contributed by atoms with Gasteiger partial charge in [-0.1, -0.05) is 5.21 Å². The molecule has 1 aliphatic heterocycles. The summed E-state index contributed by atoms with van der Waals surface area (Å²) in [7, 11) is 0. The van der Waals surface area contributed by atoms with Gasteiger partial charge in [0.15, 0.2) is 5.69 Å². The average molecular weight is 346 g/mol. The lowest BCUT2D eigenvalue weighted by molar-refractivity contribution is -0.137. The fourth-order valence-corrected chi connectivity index (χ4v) is 3.09. The number of aliphatic carboxylic acids is 1. The molecule has 1 amide bonds. The molecule has 0 radical (unpaired) electrons. The molecule has 1 aliphatic rings. The molecule has 2 heterocycles. The van der Waals surface area contributed by atoms with Gasteiger partial charge in [-0.2, -0.15) is 0 Å². The molecule has 25 heavy (non-hydrogen) atoms. The quantitative estimate of drug-likeness (QED) is 0.897. The fourth-order valence-electron chi connectivity index (χ4n) is 3.09. The van der Waals surface area contributed by atoms with Gasteiger partial charge in [-0.25, -0.2) is 9.07 Å². The molecule has 3 rings (SSSR count). The Bertz CT molecular complexity index is 760. The summed E-state index contributed by atoms with van der Waals surface area (Å²) in [5.74, 6) is -1.46. The first-order valence-corrected chi connectivity index (χ1v) is 8.25. The van der Waals surface area contributed by atoms with Crippen molar-refractivity contribution in [3.8, 4) is 5.69 Å². The van der Waals surface area contributed by atoms with Crippen LogP contribution in [0.4, 0.5) is 4.39 Å². The number of amides is 1. The molecule has 0 saturated carbocycles. The molecule has 1 aromatic heterocycles. The van der Waals surface area contributed by atoms with Crippen molar-refractivity contribution in [2.75, 3.05) is 6.54 Å². The van der Waals surface area contributed by atoms with E-state index in [-0.39, 0.29) is 29.9 Å². The summed E-state index contributed by atoms with van der Waals surface area (Å²) < 4.78 is 14.4. The first kappa shape index (κ1) is 17.1. The Morgan fingerprint density at radius 2 is 2.00 bits per heavy atom. The zero-order valence-electron chi connectivity index (χ0n) is 13.6. The van der Waals surface area contributed by atoms with E-state index < -0.39 is 5.97 Å². The number of rotatable bonds is 5. The van der Waals surface area contributed by atoms with E-state index in [4.69, 9.17) is 5.11 Å². The molecule has 1 saturated heterocycles. The molecular formula is C17H19FN4O3. The molecular weight excluding hydrogens is 327 g/mol. The van der Waals surface area contributed by atoms with Crippen LogP contribution in [0.2, 0.25) is 0 Å². The molecule has 0 unspecified atom stereocenters. The average Bonchev–Trinajstić information content (AvgIpc) is 3.10. The van der Waals surface area contributed by atoms with Crippen LogP contribution in [0.5, 0.6) is 0 Å². The number of carbonyl (C=O) groups is 2. The van der Waals surface area contributed by atoms with Crippen molar-refractivity contribution in [2.24, 2.45) is 0 Å². The largest absolute Gasteiger partial charge is 0.481 e. The second-order valence-corrected chi connectivity index (χ2v) is 6.11. The van der Waals surface area contributed by atoms with E-state index in [2.05, 4.69) is 10.3 Å². The topological polar surface area (TPSA) is 88.3 Å².